The fourth-order valence-corrected chi connectivity index (χ4v) is 3.40. The predicted octanol–water partition coefficient (Wildman–Crippen LogP) is 0.811. The van der Waals surface area contributed by atoms with Gasteiger partial charge >= 0.3 is 4.87 Å². The second-order valence-corrected chi connectivity index (χ2v) is 6.34. The monoisotopic (exact) mass is 342 g/mol. The van der Waals surface area contributed by atoms with Crippen LogP contribution in [-0.4, -0.2) is 46.6 Å². The summed E-state index contributed by atoms with van der Waals surface area (Å²) in [5.41, 5.74) is 1.93. The Morgan fingerprint density at radius 2 is 1.95 bits per heavy atom. The molecule has 1 aromatic heterocycles. The Balaban J connectivity index is 0.00000176. The van der Waals surface area contributed by atoms with Crippen LogP contribution in [0.25, 0.3) is 10.2 Å². The first-order chi connectivity index (χ1) is 10.0. The minimum atomic E-state index is -0.0820. The number of carbonyl (C=O) groups is 1. The third-order valence-corrected chi connectivity index (χ3v) is 4.74. The lowest BCUT2D eigenvalue weighted by Crippen LogP contribution is -2.52. The zero-order valence-corrected chi connectivity index (χ0v) is 14.0. The summed E-state index contributed by atoms with van der Waals surface area (Å²) < 4.78 is 2.50. The van der Waals surface area contributed by atoms with E-state index in [2.05, 4.69) is 0 Å². The molecule has 6 nitrogen and oxygen atoms in total. The molecular weight excluding hydrogens is 324 g/mol. The van der Waals surface area contributed by atoms with Gasteiger partial charge < -0.3 is 4.90 Å². The maximum Gasteiger partial charge on any atom is 0.308 e. The van der Waals surface area contributed by atoms with E-state index in [0.29, 0.717) is 26.2 Å². The second-order valence-electron chi connectivity index (χ2n) is 5.34. The molecule has 1 fully saturated rings. The molecular formula is C14H19ClN4O2S. The average molecular weight is 343 g/mol. The Kier molecular flexibility index (Phi) is 5.23. The Hall–Kier alpha value is -1.41. The largest absolute Gasteiger partial charge is 0.338 e. The summed E-state index contributed by atoms with van der Waals surface area (Å²) in [5, 5.41) is 1.71. The van der Waals surface area contributed by atoms with E-state index in [1.54, 1.807) is 14.5 Å². The molecule has 0 spiro atoms. The number of nitrogens with zero attached hydrogens (tertiary/aromatic N) is 3. The summed E-state index contributed by atoms with van der Waals surface area (Å²) in [5.74, 6) is 5.67. The van der Waals surface area contributed by atoms with Gasteiger partial charge in [0.25, 0.3) is 0 Å². The van der Waals surface area contributed by atoms with Crippen molar-refractivity contribution in [2.45, 2.75) is 13.5 Å². The summed E-state index contributed by atoms with van der Waals surface area (Å²) in [6.45, 7) is 4.66. The predicted molar refractivity (Wildman–Crippen MR) is 90.4 cm³/mol. The number of carbonyl (C=O) groups excluding carboxylic acids is 1. The topological polar surface area (TPSA) is 71.6 Å². The number of amides is 1. The Labute approximate surface area is 138 Å². The maximum atomic E-state index is 12.4. The number of aryl methyl sites for hydroxylation is 1. The standard InChI is InChI=1S/C14H18N4O2S.ClH/c1-10-2-3-12-11(8-10)18(14(20)21-12)9-13(19)16-4-6-17(15)7-5-16;/h2-3,8H,4-7,9,15H2,1H3;1H. The van der Waals surface area contributed by atoms with Gasteiger partial charge in [-0.15, -0.1) is 12.4 Å². The van der Waals surface area contributed by atoms with Gasteiger partial charge in [-0.1, -0.05) is 17.4 Å². The van der Waals surface area contributed by atoms with Crippen molar-refractivity contribution in [2.24, 2.45) is 5.84 Å². The lowest BCUT2D eigenvalue weighted by atomic mass is 10.2. The Morgan fingerprint density at radius 1 is 1.27 bits per heavy atom. The van der Waals surface area contributed by atoms with Gasteiger partial charge in [0.1, 0.15) is 6.54 Å². The van der Waals surface area contributed by atoms with Crippen molar-refractivity contribution in [1.82, 2.24) is 14.5 Å². The minimum absolute atomic E-state index is 0. The molecule has 0 atom stereocenters. The first-order valence-corrected chi connectivity index (χ1v) is 7.73. The van der Waals surface area contributed by atoms with Crippen molar-refractivity contribution in [3.05, 3.63) is 33.4 Å². The van der Waals surface area contributed by atoms with Crippen molar-refractivity contribution in [3.63, 3.8) is 0 Å². The van der Waals surface area contributed by atoms with E-state index in [9.17, 15) is 9.59 Å². The Bertz CT molecular complexity index is 734. The van der Waals surface area contributed by atoms with E-state index in [1.165, 1.54) is 11.3 Å². The van der Waals surface area contributed by atoms with Gasteiger partial charge in [-0.2, -0.15) is 0 Å². The van der Waals surface area contributed by atoms with E-state index in [0.717, 1.165) is 15.8 Å². The summed E-state index contributed by atoms with van der Waals surface area (Å²) in [6.07, 6.45) is 0. The molecule has 0 bridgehead atoms. The molecule has 1 aliphatic heterocycles. The summed E-state index contributed by atoms with van der Waals surface area (Å²) in [4.78, 5) is 26.2. The van der Waals surface area contributed by atoms with E-state index in [4.69, 9.17) is 5.84 Å². The number of piperazine rings is 1. The highest BCUT2D eigenvalue weighted by Gasteiger charge is 2.21. The van der Waals surface area contributed by atoms with E-state index < -0.39 is 0 Å². The molecule has 120 valence electrons. The van der Waals surface area contributed by atoms with Crippen LogP contribution in [0.3, 0.4) is 0 Å². The molecule has 0 radical (unpaired) electrons. The number of thiazole rings is 1. The molecule has 2 N–H and O–H groups in total. The second kappa shape index (κ2) is 6.78. The molecule has 0 unspecified atom stereocenters. The number of aromatic nitrogens is 1. The molecule has 3 rings (SSSR count). The fourth-order valence-electron chi connectivity index (χ4n) is 2.53. The number of hydrogen-bond acceptors (Lipinski definition) is 5. The molecule has 2 heterocycles. The third kappa shape index (κ3) is 3.33. The zero-order chi connectivity index (χ0) is 15.0. The molecule has 1 saturated heterocycles. The van der Waals surface area contributed by atoms with Crippen LogP contribution in [0.15, 0.2) is 23.0 Å². The van der Waals surface area contributed by atoms with E-state index >= 15 is 0 Å². The highest BCUT2D eigenvalue weighted by molar-refractivity contribution is 7.16. The lowest BCUT2D eigenvalue weighted by Gasteiger charge is -2.32. The van der Waals surface area contributed by atoms with E-state index in [1.807, 2.05) is 25.1 Å². The third-order valence-electron chi connectivity index (χ3n) is 3.78. The zero-order valence-electron chi connectivity index (χ0n) is 12.3. The summed E-state index contributed by atoms with van der Waals surface area (Å²) in [7, 11) is 0. The van der Waals surface area contributed by atoms with Gasteiger partial charge in [-0.3, -0.25) is 20.0 Å². The number of fused-ring (bicyclic) bond motifs is 1. The molecule has 8 heteroatoms. The van der Waals surface area contributed by atoms with Crippen LogP contribution in [0.1, 0.15) is 5.56 Å². The molecule has 0 aliphatic carbocycles. The molecule has 22 heavy (non-hydrogen) atoms. The van der Waals surface area contributed by atoms with Gasteiger partial charge in [-0.25, -0.2) is 5.01 Å². The number of halogens is 1. The average Bonchev–Trinajstić information content (AvgIpc) is 2.76. The molecule has 1 amide bonds. The Morgan fingerprint density at radius 3 is 2.64 bits per heavy atom. The van der Waals surface area contributed by atoms with Crippen LogP contribution in [-0.2, 0) is 11.3 Å². The van der Waals surface area contributed by atoms with Gasteiger partial charge in [-0.05, 0) is 24.6 Å². The number of rotatable bonds is 2. The van der Waals surface area contributed by atoms with Crippen molar-refractivity contribution in [1.29, 1.82) is 0 Å². The van der Waals surface area contributed by atoms with Gasteiger partial charge in [0.2, 0.25) is 5.91 Å². The highest BCUT2D eigenvalue weighted by atomic mass is 35.5. The molecule has 2 aromatic rings. The smallest absolute Gasteiger partial charge is 0.308 e. The number of hydrogen-bond donors (Lipinski definition) is 1. The summed E-state index contributed by atoms with van der Waals surface area (Å²) in [6, 6.07) is 5.87. The number of hydrazine groups is 1. The van der Waals surface area contributed by atoms with Crippen molar-refractivity contribution in [3.8, 4) is 0 Å². The minimum Gasteiger partial charge on any atom is -0.338 e. The number of benzene rings is 1. The van der Waals surface area contributed by atoms with Gasteiger partial charge in [0, 0.05) is 26.2 Å². The first-order valence-electron chi connectivity index (χ1n) is 6.92. The molecule has 0 saturated carbocycles. The van der Waals surface area contributed by atoms with Gasteiger partial charge in [0.15, 0.2) is 0 Å². The maximum absolute atomic E-state index is 12.4. The van der Waals surface area contributed by atoms with Crippen molar-refractivity contribution in [2.75, 3.05) is 26.2 Å². The molecule has 1 aliphatic rings. The van der Waals surface area contributed by atoms with Crippen molar-refractivity contribution >= 4 is 39.9 Å². The van der Waals surface area contributed by atoms with Crippen LogP contribution in [0.2, 0.25) is 0 Å². The number of nitrogens with two attached hydrogens (primary N) is 1. The highest BCUT2D eigenvalue weighted by Crippen LogP contribution is 2.18. The summed E-state index contributed by atoms with van der Waals surface area (Å²) >= 11 is 1.18. The first kappa shape index (κ1) is 17.0. The fraction of sp³-hybridized carbons (Fsp3) is 0.429. The van der Waals surface area contributed by atoms with Crippen LogP contribution in [0, 0.1) is 6.92 Å². The van der Waals surface area contributed by atoms with Crippen LogP contribution >= 0.6 is 23.7 Å². The van der Waals surface area contributed by atoms with Crippen LogP contribution in [0.5, 0.6) is 0 Å². The normalized spacial score (nSPS) is 15.8. The van der Waals surface area contributed by atoms with E-state index in [-0.39, 0.29) is 29.7 Å². The SMILES string of the molecule is Cc1ccc2sc(=O)n(CC(=O)N3CCN(N)CC3)c2c1.Cl. The van der Waals surface area contributed by atoms with Crippen LogP contribution < -0.4 is 10.7 Å². The van der Waals surface area contributed by atoms with Crippen LogP contribution in [0.4, 0.5) is 0 Å². The lowest BCUT2D eigenvalue weighted by molar-refractivity contribution is -0.133. The van der Waals surface area contributed by atoms with Crippen molar-refractivity contribution < 1.29 is 4.79 Å². The molecule has 1 aromatic carbocycles. The quantitative estimate of drug-likeness (QED) is 0.820. The van der Waals surface area contributed by atoms with Gasteiger partial charge in [0.05, 0.1) is 10.2 Å².